The highest BCUT2D eigenvalue weighted by atomic mass is 35.5. The van der Waals surface area contributed by atoms with Gasteiger partial charge in [-0.15, -0.1) is 11.8 Å². The third-order valence-electron chi connectivity index (χ3n) is 4.29. The Labute approximate surface area is 171 Å². The van der Waals surface area contributed by atoms with Crippen LogP contribution in [0.25, 0.3) is 5.57 Å². The Morgan fingerprint density at radius 2 is 1.75 bits per heavy atom. The molecule has 0 saturated heterocycles. The number of thioether (sulfide) groups is 1. The predicted molar refractivity (Wildman–Crippen MR) is 108 cm³/mol. The summed E-state index contributed by atoms with van der Waals surface area (Å²) in [4.78, 5) is 31.9. The van der Waals surface area contributed by atoms with Gasteiger partial charge in [0.05, 0.1) is 29.0 Å². The SMILES string of the molecule is O=C1C(SCc2ccco2)=C(c2ccc(Cl)cc2)C(=O)N1Cc1ccncc1. The minimum Gasteiger partial charge on any atom is -0.468 e. The van der Waals surface area contributed by atoms with E-state index in [1.165, 1.54) is 16.7 Å². The van der Waals surface area contributed by atoms with E-state index in [2.05, 4.69) is 4.98 Å². The van der Waals surface area contributed by atoms with Gasteiger partial charge in [0.15, 0.2) is 0 Å². The monoisotopic (exact) mass is 410 g/mol. The molecule has 1 aromatic carbocycles. The van der Waals surface area contributed by atoms with E-state index < -0.39 is 0 Å². The van der Waals surface area contributed by atoms with Crippen molar-refractivity contribution in [3.63, 3.8) is 0 Å². The van der Waals surface area contributed by atoms with Crippen molar-refractivity contribution in [2.24, 2.45) is 0 Å². The number of carbonyl (C=O) groups excluding carboxylic acids is 2. The van der Waals surface area contributed by atoms with E-state index in [-0.39, 0.29) is 18.4 Å². The minimum atomic E-state index is -0.314. The Balaban J connectivity index is 1.67. The first-order chi connectivity index (χ1) is 13.6. The van der Waals surface area contributed by atoms with Crippen molar-refractivity contribution in [2.75, 3.05) is 0 Å². The highest BCUT2D eigenvalue weighted by Gasteiger charge is 2.39. The van der Waals surface area contributed by atoms with Gasteiger partial charge < -0.3 is 4.42 Å². The van der Waals surface area contributed by atoms with Gasteiger partial charge in [-0.3, -0.25) is 19.5 Å². The molecule has 0 spiro atoms. The number of nitrogens with zero attached hydrogens (tertiary/aromatic N) is 2. The number of imide groups is 1. The lowest BCUT2D eigenvalue weighted by Gasteiger charge is -2.15. The molecule has 5 nitrogen and oxygen atoms in total. The maximum absolute atomic E-state index is 13.1. The smallest absolute Gasteiger partial charge is 0.268 e. The number of furan rings is 1. The average Bonchev–Trinajstić information content (AvgIpc) is 3.30. The van der Waals surface area contributed by atoms with E-state index >= 15 is 0 Å². The number of hydrogen-bond acceptors (Lipinski definition) is 5. The van der Waals surface area contributed by atoms with Crippen LogP contribution in [-0.4, -0.2) is 21.7 Å². The van der Waals surface area contributed by atoms with Gasteiger partial charge in [-0.05, 0) is 47.5 Å². The average molecular weight is 411 g/mol. The fourth-order valence-corrected chi connectivity index (χ4v) is 4.07. The molecular weight excluding hydrogens is 396 g/mol. The highest BCUT2D eigenvalue weighted by molar-refractivity contribution is 8.03. The lowest BCUT2D eigenvalue weighted by Crippen LogP contribution is -2.30. The zero-order valence-electron chi connectivity index (χ0n) is 14.7. The molecule has 0 unspecified atom stereocenters. The molecule has 0 aliphatic carbocycles. The van der Waals surface area contributed by atoms with E-state index in [4.69, 9.17) is 16.0 Å². The van der Waals surface area contributed by atoms with Crippen LogP contribution in [0.5, 0.6) is 0 Å². The lowest BCUT2D eigenvalue weighted by molar-refractivity contribution is -0.137. The van der Waals surface area contributed by atoms with E-state index in [1.807, 2.05) is 6.07 Å². The Kier molecular flexibility index (Phi) is 5.32. The Morgan fingerprint density at radius 3 is 2.43 bits per heavy atom. The normalized spacial score (nSPS) is 14.2. The highest BCUT2D eigenvalue weighted by Crippen LogP contribution is 2.38. The van der Waals surface area contributed by atoms with E-state index in [1.54, 1.807) is 61.1 Å². The Bertz CT molecular complexity index is 1030. The maximum atomic E-state index is 13.1. The van der Waals surface area contributed by atoms with Gasteiger partial charge in [0.25, 0.3) is 11.8 Å². The van der Waals surface area contributed by atoms with Crippen molar-refractivity contribution in [2.45, 2.75) is 12.3 Å². The number of halogens is 1. The Morgan fingerprint density at radius 1 is 1.00 bits per heavy atom. The predicted octanol–water partition coefficient (Wildman–Crippen LogP) is 4.54. The van der Waals surface area contributed by atoms with Crippen molar-refractivity contribution in [3.8, 4) is 0 Å². The van der Waals surface area contributed by atoms with Crippen LogP contribution >= 0.6 is 23.4 Å². The Hall–Kier alpha value is -2.83. The molecule has 1 aliphatic rings. The number of hydrogen-bond donors (Lipinski definition) is 0. The molecule has 140 valence electrons. The summed E-state index contributed by atoms with van der Waals surface area (Å²) in [5.74, 6) is 0.580. The summed E-state index contributed by atoms with van der Waals surface area (Å²) < 4.78 is 5.36. The molecular formula is C21H15ClN2O3S. The number of rotatable bonds is 6. The van der Waals surface area contributed by atoms with Crippen LogP contribution in [0.4, 0.5) is 0 Å². The largest absolute Gasteiger partial charge is 0.468 e. The molecule has 1 aliphatic heterocycles. The van der Waals surface area contributed by atoms with E-state index in [0.717, 1.165) is 11.3 Å². The fourth-order valence-electron chi connectivity index (χ4n) is 2.91. The first-order valence-electron chi connectivity index (χ1n) is 8.54. The van der Waals surface area contributed by atoms with Crippen LogP contribution in [-0.2, 0) is 21.9 Å². The second kappa shape index (κ2) is 8.04. The summed E-state index contributed by atoms with van der Waals surface area (Å²) in [6.45, 7) is 0.197. The van der Waals surface area contributed by atoms with Gasteiger partial charge in [0.2, 0.25) is 0 Å². The van der Waals surface area contributed by atoms with Crippen LogP contribution < -0.4 is 0 Å². The molecule has 2 amide bonds. The molecule has 0 saturated carbocycles. The first-order valence-corrected chi connectivity index (χ1v) is 9.90. The van der Waals surface area contributed by atoms with Crippen molar-refractivity contribution < 1.29 is 14.0 Å². The summed E-state index contributed by atoms with van der Waals surface area (Å²) in [6, 6.07) is 14.1. The third kappa shape index (κ3) is 3.74. The van der Waals surface area contributed by atoms with Crippen LogP contribution in [0, 0.1) is 0 Å². The molecule has 28 heavy (non-hydrogen) atoms. The van der Waals surface area contributed by atoms with Crippen LogP contribution in [0.1, 0.15) is 16.9 Å². The summed E-state index contributed by atoms with van der Waals surface area (Å²) in [5.41, 5.74) is 1.90. The number of carbonyl (C=O) groups is 2. The summed E-state index contributed by atoms with van der Waals surface area (Å²) in [7, 11) is 0. The van der Waals surface area contributed by atoms with Gasteiger partial charge >= 0.3 is 0 Å². The fraction of sp³-hybridized carbons (Fsp3) is 0.0952. The molecule has 7 heteroatoms. The van der Waals surface area contributed by atoms with Gasteiger partial charge in [-0.2, -0.15) is 0 Å². The maximum Gasteiger partial charge on any atom is 0.268 e. The molecule has 0 radical (unpaired) electrons. The van der Waals surface area contributed by atoms with E-state index in [0.29, 0.717) is 26.8 Å². The topological polar surface area (TPSA) is 63.4 Å². The summed E-state index contributed by atoms with van der Waals surface area (Å²) in [5, 5.41) is 0.569. The third-order valence-corrected chi connectivity index (χ3v) is 5.64. The lowest BCUT2D eigenvalue weighted by atomic mass is 10.1. The van der Waals surface area contributed by atoms with Gasteiger partial charge in [0.1, 0.15) is 5.76 Å². The molecule has 0 fully saturated rings. The molecule has 0 bridgehead atoms. The molecule has 0 N–H and O–H groups in total. The van der Waals surface area contributed by atoms with Crippen LogP contribution in [0.15, 0.2) is 76.5 Å². The second-order valence-electron chi connectivity index (χ2n) is 6.13. The quantitative estimate of drug-likeness (QED) is 0.558. The van der Waals surface area contributed by atoms with Crippen LogP contribution in [0.2, 0.25) is 5.02 Å². The molecule has 0 atom stereocenters. The minimum absolute atomic E-state index is 0.197. The van der Waals surface area contributed by atoms with Crippen LogP contribution in [0.3, 0.4) is 0 Å². The van der Waals surface area contributed by atoms with Gasteiger partial charge in [-0.25, -0.2) is 0 Å². The number of benzene rings is 1. The molecule has 3 aromatic rings. The standard InChI is InChI=1S/C21H15ClN2O3S/c22-16-5-3-15(4-6-16)18-19(28-13-17-2-1-11-27-17)21(26)24(20(18)25)12-14-7-9-23-10-8-14/h1-11H,12-13H2. The summed E-state index contributed by atoms with van der Waals surface area (Å²) in [6.07, 6.45) is 4.86. The number of aromatic nitrogens is 1. The summed E-state index contributed by atoms with van der Waals surface area (Å²) >= 11 is 7.29. The van der Waals surface area contributed by atoms with Gasteiger partial charge in [0, 0.05) is 17.4 Å². The van der Waals surface area contributed by atoms with E-state index in [9.17, 15) is 9.59 Å². The zero-order valence-corrected chi connectivity index (χ0v) is 16.2. The van der Waals surface area contributed by atoms with Gasteiger partial charge in [-0.1, -0.05) is 23.7 Å². The van der Waals surface area contributed by atoms with Crippen molar-refractivity contribution in [1.82, 2.24) is 9.88 Å². The van der Waals surface area contributed by atoms with Crippen molar-refractivity contribution >= 4 is 40.8 Å². The number of pyridine rings is 1. The molecule has 3 heterocycles. The van der Waals surface area contributed by atoms with Crippen molar-refractivity contribution in [1.29, 1.82) is 0 Å². The second-order valence-corrected chi connectivity index (χ2v) is 7.55. The van der Waals surface area contributed by atoms with Crippen molar-refractivity contribution in [3.05, 3.63) is 94.0 Å². The molecule has 2 aromatic heterocycles. The first kappa shape index (κ1) is 18.5. The molecule has 4 rings (SSSR count). The number of amides is 2. The zero-order chi connectivity index (χ0) is 19.5.